The van der Waals surface area contributed by atoms with Crippen molar-refractivity contribution in [3.63, 3.8) is 0 Å². The molecule has 1 amide bonds. The van der Waals surface area contributed by atoms with Gasteiger partial charge in [-0.1, -0.05) is 64.9 Å². The van der Waals surface area contributed by atoms with Crippen molar-refractivity contribution >= 4 is 5.91 Å². The molecule has 2 aromatic heterocycles. The number of hydrogen-bond acceptors (Lipinski definition) is 8. The molecule has 1 unspecified atom stereocenters. The molecule has 0 spiro atoms. The number of halogens is 3. The summed E-state index contributed by atoms with van der Waals surface area (Å²) < 4.78 is 51.6. The summed E-state index contributed by atoms with van der Waals surface area (Å²) in [5.74, 6) is -1.95. The summed E-state index contributed by atoms with van der Waals surface area (Å²) in [6, 6.07) is 13.5. The fourth-order valence-electron chi connectivity index (χ4n) is 3.24. The average molecular weight is 488 g/mol. The minimum Gasteiger partial charge on any atom is -0.392 e. The Bertz CT molecular complexity index is 1300. The van der Waals surface area contributed by atoms with Gasteiger partial charge in [0.1, 0.15) is 11.3 Å². The minimum atomic E-state index is -4.80. The summed E-state index contributed by atoms with van der Waals surface area (Å²) in [5, 5.41) is 29.1. The third-order valence-corrected chi connectivity index (χ3v) is 4.95. The first-order valence-electron chi connectivity index (χ1n) is 10.4. The molecule has 0 fully saturated rings. The quantitative estimate of drug-likeness (QED) is 0.359. The molecule has 12 heteroatoms. The lowest BCUT2D eigenvalue weighted by molar-refractivity contribution is -0.137. The van der Waals surface area contributed by atoms with Crippen molar-refractivity contribution in [1.29, 1.82) is 0 Å². The van der Waals surface area contributed by atoms with Gasteiger partial charge in [-0.05, 0) is 12.5 Å². The first-order valence-corrected chi connectivity index (χ1v) is 10.4. The second-order valence-electron chi connectivity index (χ2n) is 7.64. The van der Waals surface area contributed by atoms with Crippen LogP contribution in [0.25, 0.3) is 34.3 Å². The lowest BCUT2D eigenvalue weighted by Gasteiger charge is -2.12. The zero-order valence-corrected chi connectivity index (χ0v) is 18.2. The molecule has 9 nitrogen and oxygen atoms in total. The van der Waals surface area contributed by atoms with E-state index in [0.717, 1.165) is 0 Å². The Morgan fingerprint density at radius 2 is 1.69 bits per heavy atom. The number of nitrogens with one attached hydrogen (secondary N) is 1. The van der Waals surface area contributed by atoms with Gasteiger partial charge in [-0.15, -0.1) is 0 Å². The molecule has 2 aromatic carbocycles. The monoisotopic (exact) mass is 488 g/mol. The maximum Gasteiger partial charge on any atom is 0.422 e. The Morgan fingerprint density at radius 3 is 2.31 bits per heavy atom. The molecule has 2 atom stereocenters. The highest BCUT2D eigenvalue weighted by atomic mass is 19.4. The van der Waals surface area contributed by atoms with Crippen LogP contribution < -0.4 is 5.32 Å². The van der Waals surface area contributed by atoms with E-state index in [-0.39, 0.29) is 23.5 Å². The molecule has 0 saturated heterocycles. The fraction of sp³-hybridized carbons (Fsp3) is 0.217. The van der Waals surface area contributed by atoms with Gasteiger partial charge >= 0.3 is 6.18 Å². The summed E-state index contributed by atoms with van der Waals surface area (Å²) >= 11 is 0. The Balaban J connectivity index is 1.60. The van der Waals surface area contributed by atoms with E-state index in [9.17, 15) is 28.2 Å². The van der Waals surface area contributed by atoms with Crippen molar-refractivity contribution in [3.8, 4) is 34.3 Å². The van der Waals surface area contributed by atoms with Gasteiger partial charge < -0.3 is 24.6 Å². The van der Waals surface area contributed by atoms with Crippen molar-refractivity contribution in [2.24, 2.45) is 0 Å². The predicted molar refractivity (Wildman–Crippen MR) is 115 cm³/mol. The van der Waals surface area contributed by atoms with Crippen molar-refractivity contribution in [1.82, 2.24) is 20.6 Å². The van der Waals surface area contributed by atoms with Gasteiger partial charge in [-0.2, -0.15) is 18.2 Å². The van der Waals surface area contributed by atoms with Crippen LogP contribution in [-0.4, -0.2) is 44.1 Å². The second kappa shape index (κ2) is 9.68. The summed E-state index contributed by atoms with van der Waals surface area (Å²) in [4.78, 5) is 16.0. The van der Waals surface area contributed by atoms with Gasteiger partial charge in [-0.3, -0.25) is 4.79 Å². The summed E-state index contributed by atoms with van der Waals surface area (Å²) in [6.07, 6.45) is -7.06. The average Bonchev–Trinajstić information content (AvgIpc) is 3.50. The number of aliphatic hydroxyl groups is 2. The Morgan fingerprint density at radius 1 is 1.00 bits per heavy atom. The Labute approximate surface area is 196 Å². The van der Waals surface area contributed by atoms with Crippen molar-refractivity contribution in [2.45, 2.75) is 25.3 Å². The number of amides is 1. The van der Waals surface area contributed by atoms with Gasteiger partial charge in [0.2, 0.25) is 11.6 Å². The van der Waals surface area contributed by atoms with E-state index >= 15 is 0 Å². The molecule has 0 saturated carbocycles. The van der Waals surface area contributed by atoms with Crippen LogP contribution in [0.1, 0.15) is 24.2 Å². The third-order valence-electron chi connectivity index (χ3n) is 4.95. The molecule has 0 aliphatic carbocycles. The molecule has 3 N–H and O–H groups in total. The SMILES string of the molecule is CC(O)CNC(=O)[C@@H](O)c1ccc(-c2noc(-c3onc(-c4ccccc4)c3C(F)(F)F)n2)cc1. The van der Waals surface area contributed by atoms with Crippen LogP contribution >= 0.6 is 0 Å². The molecule has 0 aliphatic heterocycles. The van der Waals surface area contributed by atoms with Gasteiger partial charge in [0, 0.05) is 17.7 Å². The zero-order chi connectivity index (χ0) is 25.2. The molecule has 35 heavy (non-hydrogen) atoms. The van der Waals surface area contributed by atoms with Crippen LogP contribution in [-0.2, 0) is 11.0 Å². The first kappa shape index (κ1) is 24.1. The zero-order valence-electron chi connectivity index (χ0n) is 18.2. The molecule has 4 rings (SSSR count). The summed E-state index contributed by atoms with van der Waals surface area (Å²) in [7, 11) is 0. The largest absolute Gasteiger partial charge is 0.422 e. The molecule has 0 bridgehead atoms. The maximum atomic E-state index is 13.9. The van der Waals surface area contributed by atoms with E-state index in [0.29, 0.717) is 5.56 Å². The van der Waals surface area contributed by atoms with Gasteiger partial charge in [-0.25, -0.2) is 0 Å². The molecular formula is C23H19F3N4O5. The number of aromatic nitrogens is 3. The normalized spacial score (nSPS) is 13.4. The highest BCUT2D eigenvalue weighted by molar-refractivity contribution is 5.82. The van der Waals surface area contributed by atoms with E-state index in [1.165, 1.54) is 43.3 Å². The van der Waals surface area contributed by atoms with Gasteiger partial charge in [0.25, 0.3) is 11.8 Å². The third kappa shape index (κ3) is 5.23. The van der Waals surface area contributed by atoms with Crippen LogP contribution in [0.4, 0.5) is 13.2 Å². The van der Waals surface area contributed by atoms with E-state index in [1.54, 1.807) is 18.2 Å². The summed E-state index contributed by atoms with van der Waals surface area (Å²) in [6.45, 7) is 1.46. The predicted octanol–water partition coefficient (Wildman–Crippen LogP) is 3.61. The number of carbonyl (C=O) groups excluding carboxylic acids is 1. The molecule has 182 valence electrons. The minimum absolute atomic E-state index is 0.0207. The smallest absolute Gasteiger partial charge is 0.392 e. The highest BCUT2D eigenvalue weighted by Crippen LogP contribution is 2.43. The van der Waals surface area contributed by atoms with E-state index in [4.69, 9.17) is 9.05 Å². The Kier molecular flexibility index (Phi) is 6.67. The maximum absolute atomic E-state index is 13.9. The van der Waals surface area contributed by atoms with Crippen molar-refractivity contribution in [2.75, 3.05) is 6.54 Å². The van der Waals surface area contributed by atoms with Crippen LogP contribution in [0.3, 0.4) is 0 Å². The number of aliphatic hydroxyl groups excluding tert-OH is 2. The van der Waals surface area contributed by atoms with Crippen LogP contribution in [0.5, 0.6) is 0 Å². The van der Waals surface area contributed by atoms with Crippen LogP contribution in [0.15, 0.2) is 63.6 Å². The molecule has 2 heterocycles. The molecule has 0 radical (unpaired) electrons. The molecule has 4 aromatic rings. The van der Waals surface area contributed by atoms with Crippen LogP contribution in [0, 0.1) is 0 Å². The number of rotatable bonds is 7. The number of carbonyl (C=O) groups is 1. The second-order valence-corrected chi connectivity index (χ2v) is 7.64. The number of hydrogen-bond donors (Lipinski definition) is 3. The fourth-order valence-corrected chi connectivity index (χ4v) is 3.24. The van der Waals surface area contributed by atoms with Gasteiger partial charge in [0.15, 0.2) is 6.10 Å². The van der Waals surface area contributed by atoms with Crippen LogP contribution in [0.2, 0.25) is 0 Å². The standard InChI is InChI=1S/C23H19F3N4O5/c1-12(31)11-27-21(33)18(32)14-7-9-15(10-8-14)20-28-22(35-30-20)19-16(23(24,25)26)17(29-34-19)13-5-3-2-4-6-13/h2-10,12,18,31-32H,11H2,1H3,(H,27,33)/t12?,18-/m0/s1. The number of benzene rings is 2. The van der Waals surface area contributed by atoms with E-state index in [1.807, 2.05) is 0 Å². The highest BCUT2D eigenvalue weighted by Gasteiger charge is 2.42. The topological polar surface area (TPSA) is 135 Å². The van der Waals surface area contributed by atoms with Crippen molar-refractivity contribution in [3.05, 3.63) is 65.7 Å². The molecule has 0 aliphatic rings. The summed E-state index contributed by atoms with van der Waals surface area (Å²) in [5.41, 5.74) is -0.721. The number of nitrogens with zero attached hydrogens (tertiary/aromatic N) is 3. The van der Waals surface area contributed by atoms with Crippen molar-refractivity contribution < 1.29 is 37.2 Å². The lowest BCUT2D eigenvalue weighted by Crippen LogP contribution is -2.34. The Hall–Kier alpha value is -4.03. The first-order chi connectivity index (χ1) is 16.6. The number of alkyl halides is 3. The lowest BCUT2D eigenvalue weighted by atomic mass is 10.1. The van der Waals surface area contributed by atoms with E-state index in [2.05, 4.69) is 20.6 Å². The molecular weight excluding hydrogens is 469 g/mol. The van der Waals surface area contributed by atoms with Gasteiger partial charge in [0.05, 0.1) is 6.10 Å². The van der Waals surface area contributed by atoms with E-state index < -0.39 is 47.2 Å².